The van der Waals surface area contributed by atoms with E-state index in [9.17, 15) is 4.79 Å². The summed E-state index contributed by atoms with van der Waals surface area (Å²) in [5.74, 6) is 0.678. The van der Waals surface area contributed by atoms with E-state index in [0.717, 1.165) is 31.2 Å². The Hall–Kier alpha value is -2.28. The second kappa shape index (κ2) is 7.53. The summed E-state index contributed by atoms with van der Waals surface area (Å²) in [6, 6.07) is 7.41. The molecule has 1 saturated heterocycles. The molecule has 128 valence electrons. The van der Waals surface area contributed by atoms with Crippen LogP contribution in [0.4, 0.5) is 0 Å². The molecule has 1 aromatic heterocycles. The van der Waals surface area contributed by atoms with Gasteiger partial charge in [-0.3, -0.25) is 4.79 Å². The molecule has 1 N–H and O–H groups in total. The molecule has 0 saturated carbocycles. The lowest BCUT2D eigenvalue weighted by atomic mass is 10.00. The van der Waals surface area contributed by atoms with Crippen LogP contribution in [0.25, 0.3) is 5.69 Å². The number of carbonyl (C=O) groups excluding carboxylic acids is 1. The zero-order valence-corrected chi connectivity index (χ0v) is 14.2. The number of hydrogen-bond acceptors (Lipinski definition) is 5. The topological polar surface area (TPSA) is 75.9 Å². The van der Waals surface area contributed by atoms with Crippen LogP contribution in [0.3, 0.4) is 0 Å². The number of amides is 1. The highest BCUT2D eigenvalue weighted by atomic mass is 16.1. The number of likely N-dealkylation sites (tertiary alicyclic amines) is 1. The van der Waals surface area contributed by atoms with Gasteiger partial charge in [-0.15, -0.1) is 5.10 Å². The molecular weight excluding hydrogens is 304 g/mol. The third-order valence-corrected chi connectivity index (χ3v) is 4.37. The number of carbonyl (C=O) groups is 1. The molecule has 2 heterocycles. The fraction of sp³-hybridized carbons (Fsp3) is 0.529. The second-order valence-corrected chi connectivity index (χ2v) is 6.69. The lowest BCUT2D eigenvalue weighted by Gasteiger charge is -2.32. The molecular formula is C17H24N6O. The first kappa shape index (κ1) is 16.6. The Balaban J connectivity index is 1.59. The van der Waals surface area contributed by atoms with Crippen molar-refractivity contribution in [3.8, 4) is 5.69 Å². The number of hydrogen-bond donors (Lipinski definition) is 1. The molecule has 1 aliphatic rings. The largest absolute Gasteiger partial charge is 0.348 e. The maximum absolute atomic E-state index is 12.5. The molecule has 1 aliphatic heterocycles. The van der Waals surface area contributed by atoms with Crippen molar-refractivity contribution in [2.75, 3.05) is 19.6 Å². The van der Waals surface area contributed by atoms with Crippen molar-refractivity contribution in [1.82, 2.24) is 30.4 Å². The molecule has 2 aromatic rings. The number of nitrogens with one attached hydrogen (secondary N) is 1. The average molecular weight is 328 g/mol. The minimum absolute atomic E-state index is 0.0671. The third kappa shape index (κ3) is 4.17. The van der Waals surface area contributed by atoms with Crippen molar-refractivity contribution in [3.05, 3.63) is 36.2 Å². The third-order valence-electron chi connectivity index (χ3n) is 4.37. The van der Waals surface area contributed by atoms with E-state index in [4.69, 9.17) is 0 Å². The summed E-state index contributed by atoms with van der Waals surface area (Å²) in [5.41, 5.74) is 1.38. The maximum atomic E-state index is 12.5. The Morgan fingerprint density at radius 2 is 2.33 bits per heavy atom. The van der Waals surface area contributed by atoms with Gasteiger partial charge in [0.15, 0.2) is 0 Å². The van der Waals surface area contributed by atoms with Gasteiger partial charge in [-0.25, -0.2) is 4.68 Å². The van der Waals surface area contributed by atoms with Gasteiger partial charge >= 0.3 is 0 Å². The van der Waals surface area contributed by atoms with Crippen LogP contribution in [0.2, 0.25) is 0 Å². The molecule has 7 nitrogen and oxygen atoms in total. The summed E-state index contributed by atoms with van der Waals surface area (Å²) in [7, 11) is 0. The Kier molecular flexibility index (Phi) is 5.20. The number of rotatable bonds is 5. The molecule has 1 fully saturated rings. The summed E-state index contributed by atoms with van der Waals surface area (Å²) < 4.78 is 1.54. The number of nitrogens with zero attached hydrogens (tertiary/aromatic N) is 5. The van der Waals surface area contributed by atoms with E-state index in [1.54, 1.807) is 12.1 Å². The summed E-state index contributed by atoms with van der Waals surface area (Å²) >= 11 is 0. The first-order valence-electron chi connectivity index (χ1n) is 8.48. The number of aromatic nitrogens is 4. The van der Waals surface area contributed by atoms with Crippen LogP contribution in [0.5, 0.6) is 0 Å². The number of piperidine rings is 1. The van der Waals surface area contributed by atoms with E-state index in [-0.39, 0.29) is 11.9 Å². The smallest absolute Gasteiger partial charge is 0.251 e. The first-order chi connectivity index (χ1) is 11.6. The minimum Gasteiger partial charge on any atom is -0.348 e. The molecule has 3 rings (SSSR count). The molecule has 24 heavy (non-hydrogen) atoms. The van der Waals surface area contributed by atoms with Crippen LogP contribution < -0.4 is 5.32 Å². The monoisotopic (exact) mass is 328 g/mol. The van der Waals surface area contributed by atoms with Crippen molar-refractivity contribution in [3.63, 3.8) is 0 Å². The predicted octanol–water partition coefficient (Wildman–Crippen LogP) is 1.51. The van der Waals surface area contributed by atoms with Gasteiger partial charge in [0, 0.05) is 24.7 Å². The van der Waals surface area contributed by atoms with Crippen LogP contribution in [0.15, 0.2) is 30.6 Å². The molecule has 2 atom stereocenters. The summed E-state index contributed by atoms with van der Waals surface area (Å²) in [6.07, 6.45) is 4.06. The quantitative estimate of drug-likeness (QED) is 0.900. The van der Waals surface area contributed by atoms with E-state index < -0.39 is 0 Å². The highest BCUT2D eigenvalue weighted by Crippen LogP contribution is 2.15. The Bertz CT molecular complexity index is 671. The van der Waals surface area contributed by atoms with Crippen LogP contribution in [-0.2, 0) is 0 Å². The molecule has 0 spiro atoms. The Morgan fingerprint density at radius 1 is 1.46 bits per heavy atom. The van der Waals surface area contributed by atoms with E-state index in [1.807, 2.05) is 12.1 Å². The van der Waals surface area contributed by atoms with Gasteiger partial charge in [0.25, 0.3) is 5.91 Å². The lowest BCUT2D eigenvalue weighted by Crippen LogP contribution is -2.45. The SMILES string of the molecule is C[C@H]1CCCN(C[C@@H](C)NC(=O)c2cccc(-n3cnnn3)c2)C1. The fourth-order valence-corrected chi connectivity index (χ4v) is 3.26. The number of benzene rings is 1. The van der Waals surface area contributed by atoms with Crippen molar-refractivity contribution in [2.45, 2.75) is 32.7 Å². The lowest BCUT2D eigenvalue weighted by molar-refractivity contribution is 0.0920. The maximum Gasteiger partial charge on any atom is 0.251 e. The molecule has 0 unspecified atom stereocenters. The highest BCUT2D eigenvalue weighted by molar-refractivity contribution is 5.94. The Labute approximate surface area is 142 Å². The molecule has 7 heteroatoms. The van der Waals surface area contributed by atoms with Gasteiger partial charge in [-0.2, -0.15) is 0 Å². The van der Waals surface area contributed by atoms with Gasteiger partial charge in [-0.1, -0.05) is 13.0 Å². The van der Waals surface area contributed by atoms with Crippen molar-refractivity contribution < 1.29 is 4.79 Å². The van der Waals surface area contributed by atoms with Gasteiger partial charge in [-0.05, 0) is 60.9 Å². The van der Waals surface area contributed by atoms with E-state index >= 15 is 0 Å². The summed E-state index contributed by atoms with van der Waals surface area (Å²) in [6.45, 7) is 7.49. The van der Waals surface area contributed by atoms with E-state index in [0.29, 0.717) is 5.56 Å². The van der Waals surface area contributed by atoms with Gasteiger partial charge in [0.1, 0.15) is 6.33 Å². The van der Waals surface area contributed by atoms with Crippen LogP contribution >= 0.6 is 0 Å². The van der Waals surface area contributed by atoms with E-state index in [1.165, 1.54) is 23.9 Å². The zero-order chi connectivity index (χ0) is 16.9. The van der Waals surface area contributed by atoms with Crippen LogP contribution in [-0.4, -0.2) is 56.7 Å². The molecule has 0 bridgehead atoms. The van der Waals surface area contributed by atoms with Crippen LogP contribution in [0, 0.1) is 5.92 Å². The number of tetrazole rings is 1. The summed E-state index contributed by atoms with van der Waals surface area (Å²) in [5, 5.41) is 14.2. The van der Waals surface area contributed by atoms with Gasteiger partial charge in [0.05, 0.1) is 5.69 Å². The first-order valence-corrected chi connectivity index (χ1v) is 8.48. The highest BCUT2D eigenvalue weighted by Gasteiger charge is 2.19. The molecule has 0 aliphatic carbocycles. The molecule has 1 aromatic carbocycles. The minimum atomic E-state index is -0.0671. The van der Waals surface area contributed by atoms with Crippen molar-refractivity contribution in [1.29, 1.82) is 0 Å². The zero-order valence-electron chi connectivity index (χ0n) is 14.2. The summed E-state index contributed by atoms with van der Waals surface area (Å²) in [4.78, 5) is 14.9. The van der Waals surface area contributed by atoms with Crippen LogP contribution in [0.1, 0.15) is 37.0 Å². The van der Waals surface area contributed by atoms with E-state index in [2.05, 4.69) is 39.6 Å². The predicted molar refractivity (Wildman–Crippen MR) is 90.9 cm³/mol. The Morgan fingerprint density at radius 3 is 3.08 bits per heavy atom. The van der Waals surface area contributed by atoms with Gasteiger partial charge in [0.2, 0.25) is 0 Å². The average Bonchev–Trinajstić information content (AvgIpc) is 3.09. The normalized spacial score (nSPS) is 19.8. The molecule has 0 radical (unpaired) electrons. The standard InChI is InChI=1S/C17H24N6O/c1-13-5-4-8-22(10-13)11-14(2)19-17(24)15-6-3-7-16(9-15)23-12-18-20-21-23/h3,6-7,9,12-14H,4-5,8,10-11H2,1-2H3,(H,19,24)/t13-,14+/m0/s1. The fourth-order valence-electron chi connectivity index (χ4n) is 3.26. The van der Waals surface area contributed by atoms with Crippen molar-refractivity contribution >= 4 is 5.91 Å². The van der Waals surface area contributed by atoms with Gasteiger partial charge < -0.3 is 10.2 Å². The second-order valence-electron chi connectivity index (χ2n) is 6.69. The van der Waals surface area contributed by atoms with Crippen molar-refractivity contribution in [2.24, 2.45) is 5.92 Å². The molecule has 1 amide bonds.